The second-order valence-corrected chi connectivity index (χ2v) is 20.8. The normalized spacial score (nSPS) is 18.9. The molecule has 24 heteroatoms. The molecule has 4 atom stereocenters. The number of aldehydes is 1. The molecule has 428 valence electrons. The molecule has 81 heavy (non-hydrogen) atoms. The van der Waals surface area contributed by atoms with Crippen LogP contribution in [0.2, 0.25) is 0 Å². The van der Waals surface area contributed by atoms with Gasteiger partial charge in [-0.25, -0.2) is 14.2 Å². The fourth-order valence-electron chi connectivity index (χ4n) is 11.3. The molecule has 2 aromatic heterocycles. The molecular formula is C57H65FN10O13. The number of esters is 1. The van der Waals surface area contributed by atoms with Crippen molar-refractivity contribution in [1.82, 2.24) is 50.8 Å². The molecule has 1 aliphatic carbocycles. The van der Waals surface area contributed by atoms with Crippen molar-refractivity contribution >= 4 is 64.5 Å². The third-order valence-electron chi connectivity index (χ3n) is 15.8. The van der Waals surface area contributed by atoms with Gasteiger partial charge in [0.15, 0.2) is 5.60 Å². The standard InChI is InChI=1S/C57H65FN10O13/c1-3-57(79)39-23-44-53-37(28-68(44)55(77)38(39)30-81-56(57)78)52-43(14-13-36-33(2)40(58)24-41(64-53)51(36)52)65-18-20-66(21-19-65)50(75)31-80-32-61-46(71)27-60-54(76)42(22-34-10-6-4-7-11-34)63-47(72)26-59-25-35(29-69)62-45(70)12-8-5-9-17-67-48(73)15-16-49(67)74/h4,6-7,10-11,15-16,23-24,29,35,42-43,59,79H,3,5,8-9,12-14,17-22,25-28,30-32H2,1-2H3,(H,60,76)(H,61,71)(H,62,70)(H,63,72)/t35?,42-,43-,57-/m0/s1. The number of fused-ring (bicyclic) bond motifs is 5. The van der Waals surface area contributed by atoms with Gasteiger partial charge in [-0.15, -0.1) is 0 Å². The summed E-state index contributed by atoms with van der Waals surface area (Å²) in [5.41, 5.74) is 3.23. The van der Waals surface area contributed by atoms with Crippen LogP contribution in [-0.4, -0.2) is 161 Å². The van der Waals surface area contributed by atoms with E-state index in [0.717, 1.165) is 32.5 Å². The van der Waals surface area contributed by atoms with Crippen LogP contribution in [-0.2, 0) is 84.2 Å². The Morgan fingerprint density at radius 1 is 0.914 bits per heavy atom. The Hall–Kier alpha value is -8.06. The van der Waals surface area contributed by atoms with Crippen LogP contribution in [0.15, 0.2) is 59.4 Å². The first-order chi connectivity index (χ1) is 39.0. The highest BCUT2D eigenvalue weighted by atomic mass is 19.1. The number of carbonyl (C=O) groups is 9. The summed E-state index contributed by atoms with van der Waals surface area (Å²) in [6.07, 6.45) is 5.94. The third kappa shape index (κ3) is 12.5. The number of halogens is 1. The van der Waals surface area contributed by atoms with Crippen LogP contribution in [0.3, 0.4) is 0 Å². The molecule has 2 aromatic carbocycles. The average molecular weight is 1120 g/mol. The Morgan fingerprint density at radius 2 is 1.67 bits per heavy atom. The maximum atomic E-state index is 15.5. The maximum Gasteiger partial charge on any atom is 0.343 e. The minimum Gasteiger partial charge on any atom is -0.458 e. The maximum absolute atomic E-state index is 15.5. The number of benzene rings is 2. The lowest BCUT2D eigenvalue weighted by Crippen LogP contribution is -2.52. The van der Waals surface area contributed by atoms with Crippen molar-refractivity contribution in [2.45, 2.75) is 102 Å². The summed E-state index contributed by atoms with van der Waals surface area (Å²) in [5, 5.41) is 25.4. The van der Waals surface area contributed by atoms with Gasteiger partial charge in [0.05, 0.1) is 48.1 Å². The molecule has 23 nitrogen and oxygen atoms in total. The van der Waals surface area contributed by atoms with Crippen LogP contribution >= 0.6 is 0 Å². The van der Waals surface area contributed by atoms with E-state index in [-0.39, 0.29) is 112 Å². The first-order valence-corrected chi connectivity index (χ1v) is 27.3. The number of aromatic nitrogens is 2. The Labute approximate surface area is 464 Å². The average Bonchev–Trinajstić information content (AvgIpc) is 2.51. The number of piperazine rings is 1. The zero-order valence-corrected chi connectivity index (χ0v) is 45.1. The van der Waals surface area contributed by atoms with E-state index < -0.39 is 53.5 Å². The van der Waals surface area contributed by atoms with E-state index in [1.807, 2.05) is 0 Å². The Kier molecular flexibility index (Phi) is 17.9. The van der Waals surface area contributed by atoms with Gasteiger partial charge in [0, 0.05) is 92.9 Å². The molecule has 9 rings (SSSR count). The van der Waals surface area contributed by atoms with E-state index in [1.54, 1.807) is 59.7 Å². The first kappa shape index (κ1) is 57.6. The number of carbonyl (C=O) groups excluding carboxylic acids is 9. The number of nitrogens with one attached hydrogen (secondary N) is 5. The van der Waals surface area contributed by atoms with Gasteiger partial charge in [-0.1, -0.05) is 43.7 Å². The summed E-state index contributed by atoms with van der Waals surface area (Å²) in [6.45, 7) is 3.76. The van der Waals surface area contributed by atoms with E-state index in [0.29, 0.717) is 87.0 Å². The quantitative estimate of drug-likeness (QED) is 0.0160. The monoisotopic (exact) mass is 1120 g/mol. The number of rotatable bonds is 24. The summed E-state index contributed by atoms with van der Waals surface area (Å²) >= 11 is 0. The number of aryl methyl sites for hydroxylation is 1. The highest BCUT2D eigenvalue weighted by Crippen LogP contribution is 2.47. The third-order valence-corrected chi connectivity index (χ3v) is 15.8. The zero-order chi connectivity index (χ0) is 57.5. The molecule has 4 aliphatic heterocycles. The number of imide groups is 1. The molecule has 1 unspecified atom stereocenters. The summed E-state index contributed by atoms with van der Waals surface area (Å²) in [4.78, 5) is 137. The van der Waals surface area contributed by atoms with Crippen LogP contribution in [0.4, 0.5) is 4.39 Å². The number of cyclic esters (lactones) is 1. The number of aliphatic hydroxyl groups is 1. The lowest BCUT2D eigenvalue weighted by atomic mass is 9.81. The van der Waals surface area contributed by atoms with E-state index in [2.05, 4.69) is 31.5 Å². The van der Waals surface area contributed by atoms with Crippen molar-refractivity contribution in [1.29, 1.82) is 0 Å². The Bertz CT molecular complexity index is 3250. The van der Waals surface area contributed by atoms with Gasteiger partial charge >= 0.3 is 5.97 Å². The van der Waals surface area contributed by atoms with Crippen LogP contribution in [0.25, 0.3) is 22.3 Å². The van der Waals surface area contributed by atoms with Gasteiger partial charge in [-0.05, 0) is 67.3 Å². The predicted octanol–water partition coefficient (Wildman–Crippen LogP) is 0.351. The second-order valence-electron chi connectivity index (χ2n) is 20.8. The highest BCUT2D eigenvalue weighted by Gasteiger charge is 2.46. The number of ether oxygens (including phenoxy) is 2. The van der Waals surface area contributed by atoms with Crippen molar-refractivity contribution in [3.8, 4) is 11.4 Å². The molecule has 0 spiro atoms. The fourth-order valence-corrected chi connectivity index (χ4v) is 11.3. The molecule has 0 bridgehead atoms. The van der Waals surface area contributed by atoms with E-state index in [1.165, 1.54) is 18.2 Å². The van der Waals surface area contributed by atoms with E-state index >= 15 is 4.39 Å². The molecule has 0 radical (unpaired) electrons. The lowest BCUT2D eigenvalue weighted by molar-refractivity contribution is -0.172. The molecule has 6 N–H and O–H groups in total. The van der Waals surface area contributed by atoms with Crippen molar-refractivity contribution in [2.24, 2.45) is 0 Å². The molecular weight excluding hydrogens is 1050 g/mol. The minimum atomic E-state index is -2.01. The summed E-state index contributed by atoms with van der Waals surface area (Å²) < 4.78 is 27.9. The van der Waals surface area contributed by atoms with Gasteiger partial charge in [-0.2, -0.15) is 0 Å². The molecule has 5 aliphatic rings. The number of nitrogens with zero attached hydrogens (tertiary/aromatic N) is 5. The fraction of sp³-hybridized carbons (Fsp3) is 0.456. The SMILES string of the molecule is CC[C@@]1(O)C(=O)OCc2c1cc1n(c2=O)Cc2c-1nc1cc(F)c(C)c3c1c2[C@@H](N1CCN(C(=O)COCNC(=O)CNC(=O)[C@H](Cc2ccccc2)NC(=O)CNCC(C=O)NC(=O)CCCCCN2C(=O)C=CC2=O)CC1)CC3. The van der Waals surface area contributed by atoms with Crippen molar-refractivity contribution < 1.29 is 62.1 Å². The number of amides is 7. The first-order valence-electron chi connectivity index (χ1n) is 27.3. The molecule has 4 aromatic rings. The van der Waals surface area contributed by atoms with Crippen LogP contribution < -0.4 is 32.1 Å². The number of hydrogen-bond acceptors (Lipinski definition) is 16. The lowest BCUT2D eigenvalue weighted by Gasteiger charge is -2.42. The summed E-state index contributed by atoms with van der Waals surface area (Å²) in [6, 6.07) is 9.76. The predicted molar refractivity (Wildman–Crippen MR) is 288 cm³/mol. The van der Waals surface area contributed by atoms with Crippen LogP contribution in [0.5, 0.6) is 0 Å². The van der Waals surface area contributed by atoms with Gasteiger partial charge in [0.2, 0.25) is 29.5 Å². The molecule has 1 saturated heterocycles. The highest BCUT2D eigenvalue weighted by molar-refractivity contribution is 6.12. The van der Waals surface area contributed by atoms with Gasteiger partial charge < -0.3 is 55.4 Å². The minimum absolute atomic E-state index is 0.00943. The van der Waals surface area contributed by atoms with E-state index in [9.17, 15) is 53.1 Å². The summed E-state index contributed by atoms with van der Waals surface area (Å²) in [5.74, 6) is -4.49. The molecule has 0 saturated carbocycles. The number of hydrogen-bond donors (Lipinski definition) is 6. The Balaban J connectivity index is 0.724. The number of pyridine rings is 2. The van der Waals surface area contributed by atoms with Crippen molar-refractivity contribution in [3.05, 3.63) is 110 Å². The van der Waals surface area contributed by atoms with E-state index in [4.69, 9.17) is 14.5 Å². The largest absolute Gasteiger partial charge is 0.458 e. The van der Waals surface area contributed by atoms with Crippen molar-refractivity contribution in [3.63, 3.8) is 0 Å². The van der Waals surface area contributed by atoms with Gasteiger partial charge in [-0.3, -0.25) is 48.2 Å². The molecule has 6 heterocycles. The zero-order valence-electron chi connectivity index (χ0n) is 45.1. The second kappa shape index (κ2) is 25.2. The van der Waals surface area contributed by atoms with Crippen molar-refractivity contribution in [2.75, 3.05) is 65.7 Å². The van der Waals surface area contributed by atoms with Gasteiger partial charge in [0.1, 0.15) is 38.1 Å². The van der Waals surface area contributed by atoms with Crippen LogP contribution in [0, 0.1) is 12.7 Å². The smallest absolute Gasteiger partial charge is 0.343 e. The van der Waals surface area contributed by atoms with Gasteiger partial charge in [0.25, 0.3) is 17.4 Å². The summed E-state index contributed by atoms with van der Waals surface area (Å²) in [7, 11) is 0. The molecule has 1 fully saturated rings. The topological polar surface area (TPSA) is 297 Å². The molecule has 7 amide bonds. The van der Waals surface area contributed by atoms with Crippen LogP contribution in [0.1, 0.15) is 90.4 Å². The number of unbranched alkanes of at least 4 members (excludes halogenated alkanes) is 2. The Morgan fingerprint density at radius 3 is 2.40 bits per heavy atom.